The largest absolute Gasteiger partial charge is 0.397 e. The molecule has 0 atom stereocenters. The summed E-state index contributed by atoms with van der Waals surface area (Å²) in [6.45, 7) is 0.383. The second-order valence-corrected chi connectivity index (χ2v) is 5.78. The zero-order valence-corrected chi connectivity index (χ0v) is 11.5. The van der Waals surface area contributed by atoms with Gasteiger partial charge in [-0.1, -0.05) is 5.21 Å². The van der Waals surface area contributed by atoms with E-state index in [-0.39, 0.29) is 22.8 Å². The Bertz CT molecular complexity index is 743. The first-order chi connectivity index (χ1) is 9.90. The van der Waals surface area contributed by atoms with Gasteiger partial charge in [0, 0.05) is 24.9 Å². The van der Waals surface area contributed by atoms with Crippen molar-refractivity contribution in [2.45, 2.75) is 11.4 Å². The fourth-order valence-corrected chi connectivity index (χ4v) is 2.75. The molecule has 0 aliphatic rings. The van der Waals surface area contributed by atoms with Crippen LogP contribution in [0.5, 0.6) is 0 Å². The molecule has 2 rings (SSSR count). The monoisotopic (exact) mass is 312 g/mol. The number of benzene rings is 1. The van der Waals surface area contributed by atoms with E-state index in [1.54, 1.807) is 6.20 Å². The van der Waals surface area contributed by atoms with Gasteiger partial charge in [0.2, 0.25) is 10.0 Å². The van der Waals surface area contributed by atoms with Gasteiger partial charge in [0.1, 0.15) is 4.90 Å². The van der Waals surface area contributed by atoms with Gasteiger partial charge in [0.25, 0.3) is 5.69 Å². The van der Waals surface area contributed by atoms with Crippen LogP contribution in [0.3, 0.4) is 0 Å². The number of nitrogens with zero attached hydrogens (tertiary/aromatic N) is 4. The number of nitro groups is 1. The number of sulfonamides is 1. The van der Waals surface area contributed by atoms with Crippen molar-refractivity contribution in [3.8, 4) is 0 Å². The van der Waals surface area contributed by atoms with Crippen molar-refractivity contribution in [3.63, 3.8) is 0 Å². The number of rotatable bonds is 6. The highest BCUT2D eigenvalue weighted by atomic mass is 32.2. The number of aromatic nitrogens is 3. The molecule has 0 unspecified atom stereocenters. The first-order valence-corrected chi connectivity index (χ1v) is 7.26. The lowest BCUT2D eigenvalue weighted by atomic mass is 10.3. The summed E-state index contributed by atoms with van der Waals surface area (Å²) in [5.74, 6) is 0. The highest BCUT2D eigenvalue weighted by Crippen LogP contribution is 2.23. The van der Waals surface area contributed by atoms with Crippen LogP contribution in [0.25, 0.3) is 0 Å². The Balaban J connectivity index is 2.10. The van der Waals surface area contributed by atoms with Crippen LogP contribution in [0.1, 0.15) is 0 Å². The van der Waals surface area contributed by atoms with Gasteiger partial charge in [-0.25, -0.2) is 13.1 Å². The Morgan fingerprint density at radius 3 is 2.76 bits per heavy atom. The summed E-state index contributed by atoms with van der Waals surface area (Å²) in [4.78, 5) is 9.74. The van der Waals surface area contributed by atoms with Crippen LogP contribution in [0.15, 0.2) is 35.5 Å². The summed E-state index contributed by atoms with van der Waals surface area (Å²) in [5, 5.41) is 17.9. The third-order valence-electron chi connectivity index (χ3n) is 2.60. The summed E-state index contributed by atoms with van der Waals surface area (Å²) in [7, 11) is -3.85. The average Bonchev–Trinajstić information content (AvgIpc) is 2.91. The molecule has 11 heteroatoms. The molecule has 0 fully saturated rings. The van der Waals surface area contributed by atoms with Gasteiger partial charge in [-0.05, 0) is 6.07 Å². The summed E-state index contributed by atoms with van der Waals surface area (Å²) < 4.78 is 27.9. The Morgan fingerprint density at radius 1 is 1.43 bits per heavy atom. The minimum atomic E-state index is -3.85. The number of non-ortho nitro benzene ring substituents is 1. The minimum absolute atomic E-state index is 0.0854. The van der Waals surface area contributed by atoms with E-state index in [4.69, 9.17) is 5.73 Å². The molecule has 21 heavy (non-hydrogen) atoms. The maximum atomic E-state index is 12.1. The van der Waals surface area contributed by atoms with E-state index in [0.29, 0.717) is 6.54 Å². The van der Waals surface area contributed by atoms with Gasteiger partial charge in [0.15, 0.2) is 0 Å². The number of anilines is 1. The first-order valence-electron chi connectivity index (χ1n) is 5.78. The van der Waals surface area contributed by atoms with Crippen molar-refractivity contribution in [3.05, 3.63) is 40.7 Å². The van der Waals surface area contributed by atoms with Crippen molar-refractivity contribution in [1.29, 1.82) is 0 Å². The van der Waals surface area contributed by atoms with E-state index in [1.807, 2.05) is 0 Å². The van der Waals surface area contributed by atoms with Crippen LogP contribution in [-0.4, -0.2) is 34.9 Å². The maximum Gasteiger partial charge on any atom is 0.271 e. The highest BCUT2D eigenvalue weighted by molar-refractivity contribution is 7.89. The normalized spacial score (nSPS) is 11.4. The average molecular weight is 312 g/mol. The Hall–Kier alpha value is -2.53. The van der Waals surface area contributed by atoms with Gasteiger partial charge in [0.05, 0.1) is 23.4 Å². The predicted octanol–water partition coefficient (Wildman–Crippen LogP) is -0.253. The molecule has 2 aromatic rings. The molecule has 0 saturated heterocycles. The molecule has 0 amide bonds. The van der Waals surface area contributed by atoms with E-state index in [2.05, 4.69) is 15.0 Å². The van der Waals surface area contributed by atoms with Crippen LogP contribution < -0.4 is 10.5 Å². The molecule has 1 aromatic heterocycles. The number of nitrogens with one attached hydrogen (secondary N) is 1. The number of nitrogens with two attached hydrogens (primary N) is 1. The summed E-state index contributed by atoms with van der Waals surface area (Å²) >= 11 is 0. The summed E-state index contributed by atoms with van der Waals surface area (Å²) in [6, 6.07) is 3.19. The number of nitrogen functional groups attached to an aromatic ring is 1. The summed E-state index contributed by atoms with van der Waals surface area (Å²) in [6.07, 6.45) is 3.07. The lowest BCUT2D eigenvalue weighted by Crippen LogP contribution is -2.28. The van der Waals surface area contributed by atoms with Crippen LogP contribution in [-0.2, 0) is 16.6 Å². The lowest BCUT2D eigenvalue weighted by Gasteiger charge is -2.08. The smallest absolute Gasteiger partial charge is 0.271 e. The second kappa shape index (κ2) is 5.85. The first kappa shape index (κ1) is 14.9. The molecule has 0 saturated carbocycles. The number of hydrogen-bond donors (Lipinski definition) is 2. The topological polar surface area (TPSA) is 146 Å². The van der Waals surface area contributed by atoms with E-state index in [9.17, 15) is 18.5 Å². The zero-order chi connectivity index (χ0) is 15.5. The fourth-order valence-electron chi connectivity index (χ4n) is 1.62. The molecule has 0 aliphatic heterocycles. The SMILES string of the molecule is Nc1cc([N+](=O)[O-])ccc1S(=O)(=O)NCCn1ccnn1. The molecule has 112 valence electrons. The second-order valence-electron chi connectivity index (χ2n) is 4.04. The van der Waals surface area contributed by atoms with Crippen molar-refractivity contribution in [1.82, 2.24) is 19.7 Å². The van der Waals surface area contributed by atoms with E-state index < -0.39 is 14.9 Å². The van der Waals surface area contributed by atoms with Crippen LogP contribution in [0, 0.1) is 10.1 Å². The van der Waals surface area contributed by atoms with Gasteiger partial charge in [-0.3, -0.25) is 14.8 Å². The molecule has 1 aromatic carbocycles. The Kier molecular flexibility index (Phi) is 4.14. The molecular formula is C10H12N6O4S. The van der Waals surface area contributed by atoms with Crippen molar-refractivity contribution >= 4 is 21.4 Å². The zero-order valence-electron chi connectivity index (χ0n) is 10.7. The molecule has 0 radical (unpaired) electrons. The molecule has 1 heterocycles. The van der Waals surface area contributed by atoms with Crippen LogP contribution in [0.2, 0.25) is 0 Å². The molecule has 0 spiro atoms. The molecule has 10 nitrogen and oxygen atoms in total. The van der Waals surface area contributed by atoms with Crippen LogP contribution >= 0.6 is 0 Å². The number of hydrogen-bond acceptors (Lipinski definition) is 7. The molecule has 3 N–H and O–H groups in total. The third kappa shape index (κ3) is 3.52. The maximum absolute atomic E-state index is 12.1. The van der Waals surface area contributed by atoms with Crippen molar-refractivity contribution < 1.29 is 13.3 Å². The van der Waals surface area contributed by atoms with E-state index >= 15 is 0 Å². The predicted molar refractivity (Wildman–Crippen MR) is 72.7 cm³/mol. The molecular weight excluding hydrogens is 300 g/mol. The van der Waals surface area contributed by atoms with E-state index in [0.717, 1.165) is 18.2 Å². The van der Waals surface area contributed by atoms with Gasteiger partial charge >= 0.3 is 0 Å². The van der Waals surface area contributed by atoms with Gasteiger partial charge in [-0.15, -0.1) is 5.10 Å². The van der Waals surface area contributed by atoms with Crippen LogP contribution in [0.4, 0.5) is 11.4 Å². The highest BCUT2D eigenvalue weighted by Gasteiger charge is 2.19. The summed E-state index contributed by atoms with van der Waals surface area (Å²) in [5.41, 5.74) is 5.11. The third-order valence-corrected chi connectivity index (χ3v) is 4.13. The molecule has 0 bridgehead atoms. The lowest BCUT2D eigenvalue weighted by molar-refractivity contribution is -0.384. The quantitative estimate of drug-likeness (QED) is 0.424. The minimum Gasteiger partial charge on any atom is -0.397 e. The van der Waals surface area contributed by atoms with Crippen molar-refractivity contribution in [2.24, 2.45) is 0 Å². The van der Waals surface area contributed by atoms with E-state index in [1.165, 1.54) is 10.9 Å². The Labute approximate surface area is 119 Å². The fraction of sp³-hybridized carbons (Fsp3) is 0.200. The molecule has 0 aliphatic carbocycles. The van der Waals surface area contributed by atoms with Gasteiger partial charge < -0.3 is 5.73 Å². The van der Waals surface area contributed by atoms with Crippen molar-refractivity contribution in [2.75, 3.05) is 12.3 Å². The van der Waals surface area contributed by atoms with Gasteiger partial charge in [-0.2, -0.15) is 0 Å². The Morgan fingerprint density at radius 2 is 2.19 bits per heavy atom. The number of nitro benzene ring substituents is 1. The standard InChI is InChI=1S/C10H12N6O4S/c11-9-7-8(16(17)18)1-2-10(9)21(19,20)13-4-6-15-5-3-12-14-15/h1-3,5,7,13H,4,6,11H2.